The van der Waals surface area contributed by atoms with E-state index in [9.17, 15) is 9.18 Å². The maximum Gasteiger partial charge on any atom is 0.298 e. The number of anilines is 1. The third-order valence-corrected chi connectivity index (χ3v) is 8.69. The number of fused-ring (bicyclic) bond motifs is 1. The van der Waals surface area contributed by atoms with Gasteiger partial charge in [-0.1, -0.05) is 47.1 Å². The first-order valence-corrected chi connectivity index (χ1v) is 12.7. The SMILES string of the molecule is CCC(C)(C)C1CCC(C(=O)NCC2N(c3nc4c(F)cccc4o3)CCCC2(C)C)CC1. The number of nitrogens with one attached hydrogen (secondary N) is 1. The largest absolute Gasteiger partial charge is 0.423 e. The highest BCUT2D eigenvalue weighted by Gasteiger charge is 2.40. The first kappa shape index (κ1) is 24.0. The summed E-state index contributed by atoms with van der Waals surface area (Å²) in [5.74, 6) is 0.615. The van der Waals surface area contributed by atoms with E-state index in [1.54, 1.807) is 12.1 Å². The fourth-order valence-electron chi connectivity index (χ4n) is 5.86. The maximum absolute atomic E-state index is 14.2. The van der Waals surface area contributed by atoms with Crippen molar-refractivity contribution in [2.75, 3.05) is 18.0 Å². The molecule has 1 aromatic heterocycles. The molecule has 2 fully saturated rings. The van der Waals surface area contributed by atoms with E-state index in [1.807, 2.05) is 0 Å². The summed E-state index contributed by atoms with van der Waals surface area (Å²) in [7, 11) is 0. The van der Waals surface area contributed by atoms with Crippen molar-refractivity contribution >= 4 is 23.0 Å². The van der Waals surface area contributed by atoms with Gasteiger partial charge in [-0.15, -0.1) is 0 Å². The summed E-state index contributed by atoms with van der Waals surface area (Å²) < 4.78 is 20.2. The van der Waals surface area contributed by atoms with Crippen molar-refractivity contribution < 1.29 is 13.6 Å². The molecule has 4 rings (SSSR count). The molecule has 182 valence electrons. The fourth-order valence-corrected chi connectivity index (χ4v) is 5.86. The van der Waals surface area contributed by atoms with Crippen LogP contribution < -0.4 is 10.2 Å². The number of halogens is 1. The van der Waals surface area contributed by atoms with Crippen molar-refractivity contribution in [3.8, 4) is 0 Å². The number of oxazole rings is 1. The van der Waals surface area contributed by atoms with Crippen LogP contribution in [-0.2, 0) is 4.79 Å². The molecule has 1 saturated heterocycles. The van der Waals surface area contributed by atoms with Crippen LogP contribution in [0.25, 0.3) is 11.1 Å². The van der Waals surface area contributed by atoms with Gasteiger partial charge in [-0.25, -0.2) is 4.39 Å². The summed E-state index contributed by atoms with van der Waals surface area (Å²) in [6.07, 6.45) is 7.47. The number of carbonyl (C=O) groups excluding carboxylic acids is 1. The smallest absolute Gasteiger partial charge is 0.298 e. The molecule has 2 aliphatic rings. The molecule has 33 heavy (non-hydrogen) atoms. The zero-order valence-corrected chi connectivity index (χ0v) is 20.9. The Morgan fingerprint density at radius 1 is 1.27 bits per heavy atom. The average molecular weight is 458 g/mol. The number of nitrogens with zero attached hydrogens (tertiary/aromatic N) is 2. The Morgan fingerprint density at radius 3 is 2.67 bits per heavy atom. The predicted molar refractivity (Wildman–Crippen MR) is 131 cm³/mol. The molecule has 1 unspecified atom stereocenters. The Hall–Kier alpha value is -2.11. The lowest BCUT2D eigenvalue weighted by atomic mass is 9.67. The highest BCUT2D eigenvalue weighted by Crippen LogP contribution is 2.42. The van der Waals surface area contributed by atoms with Gasteiger partial charge in [0.15, 0.2) is 11.4 Å². The fraction of sp³-hybridized carbons (Fsp3) is 0.704. The first-order chi connectivity index (χ1) is 15.6. The van der Waals surface area contributed by atoms with Crippen LogP contribution in [0.3, 0.4) is 0 Å². The highest BCUT2D eigenvalue weighted by atomic mass is 19.1. The van der Waals surface area contributed by atoms with Gasteiger partial charge in [0, 0.05) is 19.0 Å². The Balaban J connectivity index is 1.43. The number of amides is 1. The van der Waals surface area contributed by atoms with Gasteiger partial charge < -0.3 is 14.6 Å². The number of rotatable bonds is 6. The van der Waals surface area contributed by atoms with Gasteiger partial charge in [-0.3, -0.25) is 4.79 Å². The molecule has 2 aromatic rings. The summed E-state index contributed by atoms with van der Waals surface area (Å²) in [5, 5.41) is 3.27. The molecule has 0 radical (unpaired) electrons. The number of carbonyl (C=O) groups is 1. The number of aromatic nitrogens is 1. The van der Waals surface area contributed by atoms with Crippen molar-refractivity contribution in [3.63, 3.8) is 0 Å². The van der Waals surface area contributed by atoms with Crippen molar-refractivity contribution in [1.82, 2.24) is 10.3 Å². The topological polar surface area (TPSA) is 58.4 Å². The van der Waals surface area contributed by atoms with E-state index in [1.165, 1.54) is 12.5 Å². The molecular formula is C27H40FN3O2. The van der Waals surface area contributed by atoms with Gasteiger partial charge in [-0.2, -0.15) is 4.98 Å². The van der Waals surface area contributed by atoms with Crippen molar-refractivity contribution in [2.45, 2.75) is 85.6 Å². The Labute approximate surface area is 197 Å². The molecular weight excluding hydrogens is 417 g/mol. The second-order valence-corrected chi connectivity index (χ2v) is 11.5. The molecule has 6 heteroatoms. The standard InChI is InChI=1S/C27H40FN3O2/c1-6-26(2,3)19-13-11-18(12-14-19)24(32)29-17-22-27(4,5)15-8-16-31(22)25-30-23-20(28)9-7-10-21(23)33-25/h7,9-10,18-19,22H,6,8,11-17H2,1-5H3,(H,29,32). The molecule has 1 amide bonds. The highest BCUT2D eigenvalue weighted by molar-refractivity contribution is 5.79. The summed E-state index contributed by atoms with van der Waals surface area (Å²) in [4.78, 5) is 19.7. The monoisotopic (exact) mass is 457 g/mol. The third-order valence-electron chi connectivity index (χ3n) is 8.69. The summed E-state index contributed by atoms with van der Waals surface area (Å²) in [6.45, 7) is 12.8. The minimum atomic E-state index is -0.370. The number of piperidine rings is 1. The number of benzene rings is 1. The van der Waals surface area contributed by atoms with Gasteiger partial charge in [0.25, 0.3) is 6.01 Å². The molecule has 1 aromatic carbocycles. The van der Waals surface area contributed by atoms with Crippen LogP contribution >= 0.6 is 0 Å². The normalized spacial score (nSPS) is 25.9. The zero-order chi connectivity index (χ0) is 23.8. The van der Waals surface area contributed by atoms with Crippen molar-refractivity contribution in [3.05, 3.63) is 24.0 Å². The second kappa shape index (κ2) is 9.27. The summed E-state index contributed by atoms with van der Waals surface area (Å²) >= 11 is 0. The molecule has 5 nitrogen and oxygen atoms in total. The quantitative estimate of drug-likeness (QED) is 0.551. The van der Waals surface area contributed by atoms with Gasteiger partial charge in [-0.05, 0) is 67.4 Å². The Kier molecular flexibility index (Phi) is 6.75. The summed E-state index contributed by atoms with van der Waals surface area (Å²) in [5.41, 5.74) is 1.06. The molecule has 1 saturated carbocycles. The van der Waals surface area contributed by atoms with Crippen LogP contribution in [0.15, 0.2) is 22.6 Å². The lowest BCUT2D eigenvalue weighted by Crippen LogP contribution is -2.56. The maximum atomic E-state index is 14.2. The van der Waals surface area contributed by atoms with Crippen LogP contribution in [0.1, 0.15) is 79.6 Å². The molecule has 2 heterocycles. The average Bonchev–Trinajstić information content (AvgIpc) is 3.23. The van der Waals surface area contributed by atoms with E-state index < -0.39 is 0 Å². The van der Waals surface area contributed by atoms with Gasteiger partial charge in [0.05, 0.1) is 6.04 Å². The first-order valence-electron chi connectivity index (χ1n) is 12.7. The molecule has 1 aliphatic heterocycles. The van der Waals surface area contributed by atoms with Crippen LogP contribution in [-0.4, -0.2) is 30.0 Å². The zero-order valence-electron chi connectivity index (χ0n) is 20.9. The number of para-hydroxylation sites is 1. The van der Waals surface area contributed by atoms with E-state index in [4.69, 9.17) is 4.42 Å². The molecule has 1 aliphatic carbocycles. The minimum Gasteiger partial charge on any atom is -0.423 e. The van der Waals surface area contributed by atoms with Crippen molar-refractivity contribution in [1.29, 1.82) is 0 Å². The van der Waals surface area contributed by atoms with Gasteiger partial charge in [0.1, 0.15) is 5.52 Å². The molecule has 1 atom stereocenters. The third kappa shape index (κ3) is 4.90. The molecule has 0 spiro atoms. The van der Waals surface area contributed by atoms with Gasteiger partial charge >= 0.3 is 0 Å². The van der Waals surface area contributed by atoms with Crippen molar-refractivity contribution in [2.24, 2.45) is 22.7 Å². The van der Waals surface area contributed by atoms with Gasteiger partial charge in [0.2, 0.25) is 5.91 Å². The van der Waals surface area contributed by atoms with E-state index in [0.717, 1.165) is 45.1 Å². The van der Waals surface area contributed by atoms with Crippen LogP contribution in [0.4, 0.5) is 10.4 Å². The van der Waals surface area contributed by atoms with Crippen LogP contribution in [0.5, 0.6) is 0 Å². The van der Waals surface area contributed by atoms with E-state index >= 15 is 0 Å². The summed E-state index contributed by atoms with van der Waals surface area (Å²) in [6, 6.07) is 5.28. The lowest BCUT2D eigenvalue weighted by Gasteiger charge is -2.46. The molecule has 0 bridgehead atoms. The lowest BCUT2D eigenvalue weighted by molar-refractivity contribution is -0.126. The number of hydrogen-bond acceptors (Lipinski definition) is 4. The van der Waals surface area contributed by atoms with Crippen LogP contribution in [0.2, 0.25) is 0 Å². The van der Waals surface area contributed by atoms with E-state index in [2.05, 4.69) is 49.8 Å². The Morgan fingerprint density at radius 2 is 2.00 bits per heavy atom. The van der Waals surface area contributed by atoms with E-state index in [0.29, 0.717) is 29.5 Å². The predicted octanol–water partition coefficient (Wildman–Crippen LogP) is 6.32. The second-order valence-electron chi connectivity index (χ2n) is 11.5. The minimum absolute atomic E-state index is 0.0203. The van der Waals surface area contributed by atoms with Crippen LogP contribution in [0, 0.1) is 28.5 Å². The Bertz CT molecular complexity index is 975. The molecule has 1 N–H and O–H groups in total. The number of hydrogen-bond donors (Lipinski definition) is 1. The van der Waals surface area contributed by atoms with E-state index in [-0.39, 0.29) is 34.6 Å².